The summed E-state index contributed by atoms with van der Waals surface area (Å²) >= 11 is 9.32. The average molecular weight is 379 g/mol. The molecule has 0 heterocycles. The molecule has 0 bridgehead atoms. The highest BCUT2D eigenvalue weighted by Gasteiger charge is 2.33. The van der Waals surface area contributed by atoms with E-state index in [0.29, 0.717) is 5.69 Å². The van der Waals surface area contributed by atoms with Gasteiger partial charge in [-0.1, -0.05) is 51.8 Å². The second-order valence-electron chi connectivity index (χ2n) is 4.63. The summed E-state index contributed by atoms with van der Waals surface area (Å²) in [6.45, 7) is 0. The van der Waals surface area contributed by atoms with Crippen molar-refractivity contribution in [2.24, 2.45) is 0 Å². The van der Waals surface area contributed by atoms with Gasteiger partial charge < -0.3 is 10.5 Å². The van der Waals surface area contributed by atoms with Crippen molar-refractivity contribution in [1.29, 1.82) is 0 Å². The molecule has 3 rings (SSSR count). The molecular weight excluding hydrogens is 370 g/mol. The summed E-state index contributed by atoms with van der Waals surface area (Å²) in [6, 6.07) is 11.4. The fourth-order valence-electron chi connectivity index (χ4n) is 2.12. The second-order valence-corrected chi connectivity index (χ2v) is 5.92. The largest absolute Gasteiger partial charge is 0.449 e. The molecule has 2 N–H and O–H groups in total. The normalized spacial score (nSPS) is 14.1. The molecule has 4 nitrogen and oxygen atoms in total. The van der Waals surface area contributed by atoms with E-state index in [1.54, 1.807) is 42.5 Å². The molecule has 1 aliphatic carbocycles. The summed E-state index contributed by atoms with van der Waals surface area (Å²) in [5, 5.41) is -0.247. The predicted octanol–water partition coefficient (Wildman–Crippen LogP) is 3.94. The van der Waals surface area contributed by atoms with Gasteiger partial charge in [-0.15, -0.1) is 0 Å². The van der Waals surface area contributed by atoms with Crippen molar-refractivity contribution in [3.8, 4) is 5.75 Å². The average Bonchev–Trinajstić information content (AvgIpc) is 2.52. The van der Waals surface area contributed by atoms with E-state index in [2.05, 4.69) is 15.9 Å². The fraction of sp³-hybridized carbons (Fsp3) is 0. The number of hydrogen-bond donors (Lipinski definition) is 1. The molecule has 2 aromatic carbocycles. The first-order chi connectivity index (χ1) is 10.5. The Morgan fingerprint density at radius 2 is 1.64 bits per heavy atom. The number of anilines is 1. The quantitative estimate of drug-likeness (QED) is 0.804. The lowest BCUT2D eigenvalue weighted by Gasteiger charge is -2.18. The number of nitrogen functional groups attached to an aromatic ring is 1. The van der Waals surface area contributed by atoms with Gasteiger partial charge in [0.1, 0.15) is 5.03 Å². The van der Waals surface area contributed by atoms with Gasteiger partial charge in [0.25, 0.3) is 0 Å². The number of halogens is 2. The van der Waals surface area contributed by atoms with Gasteiger partial charge in [-0.3, -0.25) is 9.59 Å². The molecule has 0 aromatic heterocycles. The van der Waals surface area contributed by atoms with Crippen molar-refractivity contribution in [1.82, 2.24) is 0 Å². The van der Waals surface area contributed by atoms with Crippen LogP contribution in [0.25, 0.3) is 0 Å². The molecule has 0 unspecified atom stereocenters. The minimum Gasteiger partial charge on any atom is -0.449 e. The molecule has 0 saturated carbocycles. The summed E-state index contributed by atoms with van der Waals surface area (Å²) in [5.74, 6) is -0.849. The number of rotatable bonds is 2. The zero-order valence-electron chi connectivity index (χ0n) is 11.1. The lowest BCUT2D eigenvalue weighted by molar-refractivity contribution is 0.0943. The maximum absolute atomic E-state index is 12.5. The summed E-state index contributed by atoms with van der Waals surface area (Å²) < 4.78 is 6.27. The van der Waals surface area contributed by atoms with Crippen molar-refractivity contribution in [2.45, 2.75) is 0 Å². The number of carbonyl (C=O) groups is 2. The Hall–Kier alpha value is -2.11. The van der Waals surface area contributed by atoms with Gasteiger partial charge >= 0.3 is 0 Å². The molecule has 0 fully saturated rings. The highest BCUT2D eigenvalue weighted by molar-refractivity contribution is 9.10. The third-order valence-electron chi connectivity index (χ3n) is 3.21. The standard InChI is InChI=1S/C16H9BrClNO3/c17-8-5-6-11(19)12(7-8)22-16-13(18)14(20)9-3-1-2-4-10(9)15(16)21/h1-7H,19H2. The minimum absolute atomic E-state index is 0.213. The van der Waals surface area contributed by atoms with Gasteiger partial charge in [0, 0.05) is 15.6 Å². The lowest BCUT2D eigenvalue weighted by Crippen LogP contribution is -2.23. The molecular formula is C16H9BrClNO3. The Morgan fingerprint density at radius 3 is 2.32 bits per heavy atom. The van der Waals surface area contributed by atoms with E-state index in [-0.39, 0.29) is 27.7 Å². The molecule has 22 heavy (non-hydrogen) atoms. The number of carbonyl (C=O) groups excluding carboxylic acids is 2. The van der Waals surface area contributed by atoms with Crippen LogP contribution in [0, 0.1) is 0 Å². The maximum Gasteiger partial charge on any atom is 0.230 e. The first kappa shape index (κ1) is 14.8. The topological polar surface area (TPSA) is 69.4 Å². The number of nitrogens with two attached hydrogens (primary N) is 1. The molecule has 0 amide bonds. The number of ketones is 2. The molecule has 2 aromatic rings. The Morgan fingerprint density at radius 1 is 1.00 bits per heavy atom. The van der Waals surface area contributed by atoms with Gasteiger partial charge in [0.05, 0.1) is 5.69 Å². The monoisotopic (exact) mass is 377 g/mol. The van der Waals surface area contributed by atoms with Crippen molar-refractivity contribution < 1.29 is 14.3 Å². The molecule has 6 heteroatoms. The number of benzene rings is 2. The second kappa shape index (κ2) is 5.59. The number of Topliss-reactive ketones (excluding diaryl/α,β-unsaturated/α-hetero) is 2. The van der Waals surface area contributed by atoms with Gasteiger partial charge in [-0.2, -0.15) is 0 Å². The van der Waals surface area contributed by atoms with Crippen LogP contribution in [0.5, 0.6) is 5.75 Å². The zero-order chi connectivity index (χ0) is 15.9. The van der Waals surface area contributed by atoms with Crippen LogP contribution in [0.3, 0.4) is 0 Å². The minimum atomic E-state index is -0.445. The van der Waals surface area contributed by atoms with Crippen LogP contribution in [0.15, 0.2) is 57.7 Å². The van der Waals surface area contributed by atoms with E-state index in [1.165, 1.54) is 0 Å². The molecule has 110 valence electrons. The Kier molecular flexibility index (Phi) is 3.76. The molecule has 0 atom stereocenters. The summed E-state index contributed by atoms with van der Waals surface area (Å²) in [6.07, 6.45) is 0. The number of fused-ring (bicyclic) bond motifs is 1. The van der Waals surface area contributed by atoms with E-state index < -0.39 is 11.6 Å². The predicted molar refractivity (Wildman–Crippen MR) is 87.2 cm³/mol. The summed E-state index contributed by atoms with van der Waals surface area (Å²) in [7, 11) is 0. The molecule has 0 spiro atoms. The molecule has 0 aliphatic heterocycles. The Bertz CT molecular complexity index is 845. The first-order valence-corrected chi connectivity index (χ1v) is 7.47. The third-order valence-corrected chi connectivity index (χ3v) is 4.05. The van der Waals surface area contributed by atoms with Crippen LogP contribution >= 0.6 is 27.5 Å². The Labute approximate surface area is 139 Å². The molecule has 1 aliphatic rings. The molecule has 0 radical (unpaired) electrons. The van der Waals surface area contributed by atoms with Gasteiger partial charge in [-0.25, -0.2) is 0 Å². The molecule has 0 saturated heterocycles. The zero-order valence-corrected chi connectivity index (χ0v) is 13.4. The highest BCUT2D eigenvalue weighted by Crippen LogP contribution is 2.33. The van der Waals surface area contributed by atoms with Crippen LogP contribution < -0.4 is 10.5 Å². The Balaban J connectivity index is 2.07. The SMILES string of the molecule is Nc1ccc(Br)cc1OC1=C(Cl)C(=O)c2ccccc2C1=O. The van der Waals surface area contributed by atoms with Crippen molar-refractivity contribution >= 4 is 44.8 Å². The van der Waals surface area contributed by atoms with E-state index in [1.807, 2.05) is 0 Å². The van der Waals surface area contributed by atoms with Crippen molar-refractivity contribution in [3.05, 3.63) is 68.9 Å². The van der Waals surface area contributed by atoms with E-state index in [0.717, 1.165) is 4.47 Å². The number of allylic oxidation sites excluding steroid dienone is 2. The van der Waals surface area contributed by atoms with Crippen LogP contribution in [0.2, 0.25) is 0 Å². The van der Waals surface area contributed by atoms with Crippen LogP contribution in [0.1, 0.15) is 20.7 Å². The smallest absolute Gasteiger partial charge is 0.230 e. The number of hydrogen-bond acceptors (Lipinski definition) is 4. The van der Waals surface area contributed by atoms with E-state index in [4.69, 9.17) is 22.1 Å². The summed E-state index contributed by atoms with van der Waals surface area (Å²) in [4.78, 5) is 24.8. The van der Waals surface area contributed by atoms with Crippen LogP contribution in [-0.4, -0.2) is 11.6 Å². The maximum atomic E-state index is 12.5. The fourth-order valence-corrected chi connectivity index (χ4v) is 2.69. The first-order valence-electron chi connectivity index (χ1n) is 6.30. The van der Waals surface area contributed by atoms with Crippen molar-refractivity contribution in [2.75, 3.05) is 5.73 Å². The highest BCUT2D eigenvalue weighted by atomic mass is 79.9. The lowest BCUT2D eigenvalue weighted by atomic mass is 9.93. The summed E-state index contributed by atoms with van der Waals surface area (Å²) in [5.41, 5.74) is 6.69. The van der Waals surface area contributed by atoms with Crippen LogP contribution in [-0.2, 0) is 0 Å². The van der Waals surface area contributed by atoms with E-state index >= 15 is 0 Å². The van der Waals surface area contributed by atoms with Gasteiger partial charge in [0.15, 0.2) is 11.5 Å². The van der Waals surface area contributed by atoms with Crippen LogP contribution in [0.4, 0.5) is 5.69 Å². The van der Waals surface area contributed by atoms with Gasteiger partial charge in [0.2, 0.25) is 11.6 Å². The van der Waals surface area contributed by atoms with E-state index in [9.17, 15) is 9.59 Å². The number of ether oxygens (including phenoxy) is 1. The van der Waals surface area contributed by atoms with Gasteiger partial charge in [-0.05, 0) is 18.2 Å². The van der Waals surface area contributed by atoms with Crippen molar-refractivity contribution in [3.63, 3.8) is 0 Å². The third kappa shape index (κ3) is 2.42.